The Hall–Kier alpha value is -2.21. The summed E-state index contributed by atoms with van der Waals surface area (Å²) in [6, 6.07) is 9.98. The molecule has 1 amide bonds. The highest BCUT2D eigenvalue weighted by Crippen LogP contribution is 2.28. The third kappa shape index (κ3) is 3.59. The van der Waals surface area contributed by atoms with E-state index in [1.165, 1.54) is 0 Å². The lowest BCUT2D eigenvalue weighted by Gasteiger charge is -2.15. The minimum absolute atomic E-state index is 0.0162. The summed E-state index contributed by atoms with van der Waals surface area (Å²) in [4.78, 5) is 18.5. The fourth-order valence-electron chi connectivity index (χ4n) is 2.80. The van der Waals surface area contributed by atoms with E-state index in [0.29, 0.717) is 37.8 Å². The fourth-order valence-corrected chi connectivity index (χ4v) is 2.80. The molecule has 1 aromatic carbocycles. The van der Waals surface area contributed by atoms with E-state index in [9.17, 15) is 4.79 Å². The van der Waals surface area contributed by atoms with Gasteiger partial charge in [-0.05, 0) is 19.4 Å². The van der Waals surface area contributed by atoms with Gasteiger partial charge in [0.15, 0.2) is 5.82 Å². The number of carbonyl (C=O) groups excluding carboxylic acids is 1. The normalized spacial score (nSPS) is 19.3. The largest absolute Gasteiger partial charge is 0.369 e. The molecule has 1 aliphatic rings. The van der Waals surface area contributed by atoms with Crippen LogP contribution < -0.4 is 0 Å². The third-order valence-corrected chi connectivity index (χ3v) is 4.02. The van der Waals surface area contributed by atoms with Gasteiger partial charge in [0, 0.05) is 32.0 Å². The summed E-state index contributed by atoms with van der Waals surface area (Å²) in [6.07, 6.45) is 0.202. The third-order valence-electron chi connectivity index (χ3n) is 4.02. The highest BCUT2D eigenvalue weighted by Gasteiger charge is 2.34. The van der Waals surface area contributed by atoms with E-state index < -0.39 is 0 Å². The molecule has 0 spiro atoms. The van der Waals surface area contributed by atoms with Crippen molar-refractivity contribution in [2.24, 2.45) is 0 Å². The molecule has 1 aromatic heterocycles. The van der Waals surface area contributed by atoms with Gasteiger partial charge in [-0.1, -0.05) is 35.5 Å². The quantitative estimate of drug-likeness (QED) is 0.820. The first-order valence-corrected chi connectivity index (χ1v) is 7.94. The van der Waals surface area contributed by atoms with Crippen molar-refractivity contribution >= 4 is 5.91 Å². The Morgan fingerprint density at radius 3 is 2.91 bits per heavy atom. The minimum atomic E-state index is -0.223. The molecule has 0 aliphatic carbocycles. The molecular formula is C17H21N3O3. The molecule has 0 bridgehead atoms. The monoisotopic (exact) mass is 315 g/mol. The molecule has 6 heteroatoms. The van der Waals surface area contributed by atoms with E-state index in [0.717, 1.165) is 5.56 Å². The van der Waals surface area contributed by atoms with Crippen molar-refractivity contribution in [3.05, 3.63) is 47.6 Å². The molecule has 23 heavy (non-hydrogen) atoms. The number of amides is 1. The molecule has 2 heterocycles. The molecule has 0 radical (unpaired) electrons. The lowest BCUT2D eigenvalue weighted by atomic mass is 10.1. The van der Waals surface area contributed by atoms with Crippen molar-refractivity contribution in [1.29, 1.82) is 0 Å². The molecule has 2 aromatic rings. The van der Waals surface area contributed by atoms with Crippen LogP contribution in [0.15, 0.2) is 34.9 Å². The first-order valence-electron chi connectivity index (χ1n) is 7.94. The van der Waals surface area contributed by atoms with Crippen LogP contribution in [0.5, 0.6) is 0 Å². The SMILES string of the molecule is CCO[C@H](C)c1nc([C@H]2CC(=O)N(Cc3ccccc3)C2)no1. The van der Waals surface area contributed by atoms with Gasteiger partial charge < -0.3 is 14.2 Å². The van der Waals surface area contributed by atoms with Gasteiger partial charge >= 0.3 is 0 Å². The molecule has 0 N–H and O–H groups in total. The molecule has 1 aliphatic heterocycles. The van der Waals surface area contributed by atoms with Crippen LogP contribution in [0.4, 0.5) is 0 Å². The van der Waals surface area contributed by atoms with E-state index in [1.54, 1.807) is 0 Å². The smallest absolute Gasteiger partial charge is 0.255 e. The Balaban J connectivity index is 1.65. The van der Waals surface area contributed by atoms with Gasteiger partial charge in [-0.2, -0.15) is 4.98 Å². The van der Waals surface area contributed by atoms with Crippen LogP contribution in [0.25, 0.3) is 0 Å². The summed E-state index contributed by atoms with van der Waals surface area (Å²) in [7, 11) is 0. The van der Waals surface area contributed by atoms with Crippen molar-refractivity contribution < 1.29 is 14.1 Å². The first-order chi connectivity index (χ1) is 11.2. The van der Waals surface area contributed by atoms with Crippen LogP contribution in [0, 0.1) is 0 Å². The summed E-state index contributed by atoms with van der Waals surface area (Å²) < 4.78 is 10.7. The molecule has 6 nitrogen and oxygen atoms in total. The number of hydrogen-bond acceptors (Lipinski definition) is 5. The Kier molecular flexibility index (Phi) is 4.71. The molecule has 3 rings (SSSR count). The van der Waals surface area contributed by atoms with Crippen LogP contribution in [0.2, 0.25) is 0 Å². The summed E-state index contributed by atoms with van der Waals surface area (Å²) in [5, 5.41) is 4.03. The average Bonchev–Trinajstić information content (AvgIpc) is 3.16. The standard InChI is InChI=1S/C17H21N3O3/c1-3-22-12(2)17-18-16(19-23-17)14-9-15(21)20(11-14)10-13-7-5-4-6-8-13/h4-8,12,14H,3,9-11H2,1-2H3/t12-,14+/m1/s1. The summed E-state index contributed by atoms with van der Waals surface area (Å²) >= 11 is 0. The second-order valence-corrected chi connectivity index (χ2v) is 5.75. The predicted molar refractivity (Wildman–Crippen MR) is 83.6 cm³/mol. The van der Waals surface area contributed by atoms with Gasteiger partial charge in [0.05, 0.1) is 0 Å². The van der Waals surface area contributed by atoms with E-state index in [2.05, 4.69) is 10.1 Å². The number of carbonyl (C=O) groups is 1. The van der Waals surface area contributed by atoms with Crippen molar-refractivity contribution in [3.8, 4) is 0 Å². The van der Waals surface area contributed by atoms with Gasteiger partial charge in [0.2, 0.25) is 5.91 Å². The van der Waals surface area contributed by atoms with Crippen molar-refractivity contribution in [3.63, 3.8) is 0 Å². The topological polar surface area (TPSA) is 68.5 Å². The number of rotatable bonds is 6. The number of benzene rings is 1. The number of nitrogens with zero attached hydrogens (tertiary/aromatic N) is 3. The van der Waals surface area contributed by atoms with Gasteiger partial charge in [-0.25, -0.2) is 0 Å². The van der Waals surface area contributed by atoms with Gasteiger partial charge in [0.1, 0.15) is 6.10 Å². The lowest BCUT2D eigenvalue weighted by molar-refractivity contribution is -0.128. The molecule has 0 saturated carbocycles. The van der Waals surface area contributed by atoms with E-state index in [1.807, 2.05) is 49.1 Å². The summed E-state index contributed by atoms with van der Waals surface area (Å²) in [5.41, 5.74) is 1.13. The van der Waals surface area contributed by atoms with Crippen molar-refractivity contribution in [1.82, 2.24) is 15.0 Å². The van der Waals surface area contributed by atoms with Crippen LogP contribution >= 0.6 is 0 Å². The number of likely N-dealkylation sites (tertiary alicyclic amines) is 1. The van der Waals surface area contributed by atoms with E-state index in [-0.39, 0.29) is 17.9 Å². The first kappa shape index (κ1) is 15.7. The number of hydrogen-bond donors (Lipinski definition) is 0. The molecule has 0 unspecified atom stereocenters. The molecule has 122 valence electrons. The summed E-state index contributed by atoms with van der Waals surface area (Å²) in [6.45, 7) is 5.63. The zero-order valence-electron chi connectivity index (χ0n) is 13.4. The summed E-state index contributed by atoms with van der Waals surface area (Å²) in [5.74, 6) is 1.17. The molecule has 1 fully saturated rings. The predicted octanol–water partition coefficient (Wildman–Crippen LogP) is 2.68. The number of aromatic nitrogens is 2. The molecule has 1 saturated heterocycles. The Morgan fingerprint density at radius 1 is 1.39 bits per heavy atom. The Morgan fingerprint density at radius 2 is 2.17 bits per heavy atom. The molecular weight excluding hydrogens is 294 g/mol. The zero-order valence-corrected chi connectivity index (χ0v) is 13.4. The zero-order chi connectivity index (χ0) is 16.2. The number of ether oxygens (including phenoxy) is 1. The van der Waals surface area contributed by atoms with Gasteiger partial charge in [-0.3, -0.25) is 4.79 Å². The fraction of sp³-hybridized carbons (Fsp3) is 0.471. The minimum Gasteiger partial charge on any atom is -0.369 e. The maximum absolute atomic E-state index is 12.2. The van der Waals surface area contributed by atoms with Crippen LogP contribution in [0.1, 0.15) is 49.6 Å². The van der Waals surface area contributed by atoms with Crippen molar-refractivity contribution in [2.45, 2.75) is 38.8 Å². The van der Waals surface area contributed by atoms with Crippen LogP contribution in [-0.2, 0) is 16.1 Å². The second-order valence-electron chi connectivity index (χ2n) is 5.75. The van der Waals surface area contributed by atoms with Crippen LogP contribution in [0.3, 0.4) is 0 Å². The Labute approximate surface area is 135 Å². The maximum Gasteiger partial charge on any atom is 0.255 e. The van der Waals surface area contributed by atoms with Crippen molar-refractivity contribution in [2.75, 3.05) is 13.2 Å². The average molecular weight is 315 g/mol. The van der Waals surface area contributed by atoms with E-state index >= 15 is 0 Å². The maximum atomic E-state index is 12.2. The van der Waals surface area contributed by atoms with Crippen LogP contribution in [-0.4, -0.2) is 34.1 Å². The van der Waals surface area contributed by atoms with E-state index in [4.69, 9.17) is 9.26 Å². The lowest BCUT2D eigenvalue weighted by Crippen LogP contribution is -2.24. The van der Waals surface area contributed by atoms with Gasteiger partial charge in [-0.15, -0.1) is 0 Å². The second kappa shape index (κ2) is 6.91. The molecule has 2 atom stereocenters. The highest BCUT2D eigenvalue weighted by atomic mass is 16.5. The van der Waals surface area contributed by atoms with Gasteiger partial charge in [0.25, 0.3) is 5.89 Å². The highest BCUT2D eigenvalue weighted by molar-refractivity contribution is 5.79. The Bertz CT molecular complexity index is 656.